The third-order valence-electron chi connectivity index (χ3n) is 3.81. The first-order valence-corrected chi connectivity index (χ1v) is 6.80. The number of hydrogen-bond acceptors (Lipinski definition) is 4. The predicted octanol–water partition coefficient (Wildman–Crippen LogP) is 3.13. The van der Waals surface area contributed by atoms with Crippen molar-refractivity contribution < 1.29 is 13.5 Å². The molecule has 1 N–H and O–H groups in total. The summed E-state index contributed by atoms with van der Waals surface area (Å²) >= 11 is 0. The van der Waals surface area contributed by atoms with E-state index in [-0.39, 0.29) is 18.0 Å². The number of fused-ring (bicyclic) bond motifs is 1. The normalized spacial score (nSPS) is 20.1. The molecule has 0 bridgehead atoms. The zero-order valence-corrected chi connectivity index (χ0v) is 11.8. The number of methoxy groups -OCH3 is 1. The summed E-state index contributed by atoms with van der Waals surface area (Å²) in [7, 11) is 1.55. The van der Waals surface area contributed by atoms with Crippen LogP contribution in [-0.4, -0.2) is 23.3 Å². The van der Waals surface area contributed by atoms with Crippen LogP contribution < -0.4 is 10.1 Å². The number of aromatic nitrogens is 2. The van der Waals surface area contributed by atoms with Gasteiger partial charge in [-0.15, -0.1) is 0 Å². The number of hydrogen-bond donors (Lipinski definition) is 1. The third-order valence-corrected chi connectivity index (χ3v) is 3.81. The monoisotopic (exact) mass is 304 g/mol. The summed E-state index contributed by atoms with van der Waals surface area (Å²) in [5.41, 5.74) is 1.10. The molecule has 7 heteroatoms. The second kappa shape index (κ2) is 5.64. The molecule has 0 saturated carbocycles. The van der Waals surface area contributed by atoms with Gasteiger partial charge in [-0.2, -0.15) is 10.4 Å². The van der Waals surface area contributed by atoms with Crippen LogP contribution in [0, 0.1) is 11.3 Å². The van der Waals surface area contributed by atoms with Crippen molar-refractivity contribution in [3.8, 4) is 11.8 Å². The minimum Gasteiger partial charge on any atom is -0.497 e. The standard InChI is InChI=1S/C15H14F2N4O/c1-22-11-4-2-3-9(5-11)12-6-13(14(16)17)21-15(20-12)10(7-18)8-19-21/h2-5,8,12-14,20H,6H2,1H3/t12-,13-/m0/s1. The van der Waals surface area contributed by atoms with Gasteiger partial charge in [0.2, 0.25) is 0 Å². The van der Waals surface area contributed by atoms with Gasteiger partial charge in [0.25, 0.3) is 6.43 Å². The van der Waals surface area contributed by atoms with Gasteiger partial charge in [0.05, 0.1) is 19.3 Å². The van der Waals surface area contributed by atoms with Crippen molar-refractivity contribution in [1.82, 2.24) is 9.78 Å². The molecule has 3 rings (SSSR count). The third kappa shape index (κ3) is 2.37. The second-order valence-corrected chi connectivity index (χ2v) is 5.07. The molecule has 0 aliphatic carbocycles. The van der Waals surface area contributed by atoms with Gasteiger partial charge in [-0.25, -0.2) is 13.5 Å². The van der Waals surface area contributed by atoms with E-state index in [1.54, 1.807) is 19.2 Å². The molecule has 0 unspecified atom stereocenters. The summed E-state index contributed by atoms with van der Waals surface area (Å²) in [5, 5.41) is 16.2. The molecule has 0 spiro atoms. The van der Waals surface area contributed by atoms with Gasteiger partial charge in [-0.05, 0) is 24.1 Å². The molecule has 1 aliphatic heterocycles. The van der Waals surface area contributed by atoms with Gasteiger partial charge in [0.15, 0.2) is 0 Å². The molecule has 2 aromatic rings. The fourth-order valence-corrected chi connectivity index (χ4v) is 2.69. The van der Waals surface area contributed by atoms with E-state index in [9.17, 15) is 8.78 Å². The molecule has 0 saturated heterocycles. The van der Waals surface area contributed by atoms with Crippen LogP contribution in [0.4, 0.5) is 14.6 Å². The summed E-state index contributed by atoms with van der Waals surface area (Å²) < 4.78 is 33.1. The van der Waals surface area contributed by atoms with Gasteiger partial charge in [0, 0.05) is 0 Å². The number of nitrogens with zero attached hydrogens (tertiary/aromatic N) is 3. The van der Waals surface area contributed by atoms with Crippen molar-refractivity contribution in [2.45, 2.75) is 24.9 Å². The largest absolute Gasteiger partial charge is 0.497 e. The molecule has 2 heterocycles. The maximum atomic E-state index is 13.4. The highest BCUT2D eigenvalue weighted by molar-refractivity contribution is 5.54. The number of benzene rings is 1. The van der Waals surface area contributed by atoms with E-state index in [1.807, 2.05) is 18.2 Å². The summed E-state index contributed by atoms with van der Waals surface area (Å²) in [4.78, 5) is 0. The van der Waals surface area contributed by atoms with Crippen molar-refractivity contribution in [3.63, 3.8) is 0 Å². The Labute approximate surface area is 126 Å². The average Bonchev–Trinajstić information content (AvgIpc) is 2.96. The van der Waals surface area contributed by atoms with E-state index in [0.717, 1.165) is 5.56 Å². The van der Waals surface area contributed by atoms with E-state index in [2.05, 4.69) is 10.4 Å². The number of nitriles is 1. The number of halogens is 2. The highest BCUT2D eigenvalue weighted by Gasteiger charge is 2.35. The minimum absolute atomic E-state index is 0.185. The summed E-state index contributed by atoms with van der Waals surface area (Å²) in [6.07, 6.45) is -1.06. The Balaban J connectivity index is 2.00. The second-order valence-electron chi connectivity index (χ2n) is 5.07. The number of nitrogens with one attached hydrogen (secondary N) is 1. The Morgan fingerprint density at radius 3 is 3.00 bits per heavy atom. The fraction of sp³-hybridized carbons (Fsp3) is 0.333. The fourth-order valence-electron chi connectivity index (χ4n) is 2.69. The number of anilines is 1. The molecule has 0 fully saturated rings. The lowest BCUT2D eigenvalue weighted by atomic mass is 9.97. The van der Waals surface area contributed by atoms with Crippen LogP contribution >= 0.6 is 0 Å². The average molecular weight is 304 g/mol. The van der Waals surface area contributed by atoms with Crippen LogP contribution in [0.15, 0.2) is 30.5 Å². The highest BCUT2D eigenvalue weighted by Crippen LogP contribution is 2.39. The molecule has 0 amide bonds. The maximum absolute atomic E-state index is 13.4. The van der Waals surface area contributed by atoms with E-state index in [0.29, 0.717) is 11.6 Å². The number of rotatable bonds is 3. The summed E-state index contributed by atoms with van der Waals surface area (Å²) in [6.45, 7) is 0. The minimum atomic E-state index is -2.56. The van der Waals surface area contributed by atoms with Crippen LogP contribution in [0.1, 0.15) is 29.6 Å². The first kappa shape index (κ1) is 14.3. The zero-order valence-electron chi connectivity index (χ0n) is 11.8. The lowest BCUT2D eigenvalue weighted by Crippen LogP contribution is -2.31. The van der Waals surface area contributed by atoms with E-state index in [4.69, 9.17) is 10.00 Å². The predicted molar refractivity (Wildman–Crippen MR) is 76.0 cm³/mol. The van der Waals surface area contributed by atoms with Crippen LogP contribution in [0.2, 0.25) is 0 Å². The van der Waals surface area contributed by atoms with E-state index < -0.39 is 12.5 Å². The van der Waals surface area contributed by atoms with Crippen LogP contribution in [0.25, 0.3) is 0 Å². The summed E-state index contributed by atoms with van der Waals surface area (Å²) in [6, 6.07) is 7.84. The molecule has 2 atom stereocenters. The Hall–Kier alpha value is -2.62. The highest BCUT2D eigenvalue weighted by atomic mass is 19.3. The van der Waals surface area contributed by atoms with Crippen LogP contribution in [-0.2, 0) is 0 Å². The molecule has 5 nitrogen and oxygen atoms in total. The lowest BCUT2D eigenvalue weighted by molar-refractivity contribution is 0.0658. The van der Waals surface area contributed by atoms with Gasteiger partial charge < -0.3 is 10.1 Å². The van der Waals surface area contributed by atoms with Crippen molar-refractivity contribution >= 4 is 5.82 Å². The maximum Gasteiger partial charge on any atom is 0.260 e. The summed E-state index contributed by atoms with van der Waals surface area (Å²) in [5.74, 6) is 0.999. The quantitative estimate of drug-likeness (QED) is 0.946. The molecule has 0 radical (unpaired) electrons. The number of ether oxygens (including phenoxy) is 1. The van der Waals surface area contributed by atoms with E-state index in [1.165, 1.54) is 10.9 Å². The Morgan fingerprint density at radius 2 is 2.32 bits per heavy atom. The molecule has 1 aromatic heterocycles. The molecular weight excluding hydrogens is 290 g/mol. The topological polar surface area (TPSA) is 62.9 Å². The molecule has 1 aromatic carbocycles. The van der Waals surface area contributed by atoms with Crippen LogP contribution in [0.3, 0.4) is 0 Å². The van der Waals surface area contributed by atoms with Crippen molar-refractivity contribution in [1.29, 1.82) is 5.26 Å². The number of alkyl halides is 2. The van der Waals surface area contributed by atoms with E-state index >= 15 is 0 Å². The van der Waals surface area contributed by atoms with Crippen molar-refractivity contribution in [2.75, 3.05) is 12.4 Å². The first-order valence-electron chi connectivity index (χ1n) is 6.80. The Kier molecular flexibility index (Phi) is 3.67. The lowest BCUT2D eigenvalue weighted by Gasteiger charge is -2.32. The Bertz CT molecular complexity index is 723. The smallest absolute Gasteiger partial charge is 0.260 e. The Morgan fingerprint density at radius 1 is 1.50 bits per heavy atom. The molecule has 1 aliphatic rings. The SMILES string of the molecule is COc1cccc([C@@H]2C[C@@H](C(F)F)n3ncc(C#N)c3N2)c1. The first-order chi connectivity index (χ1) is 10.6. The van der Waals surface area contributed by atoms with Gasteiger partial charge in [-0.3, -0.25) is 0 Å². The molecule has 22 heavy (non-hydrogen) atoms. The molecular formula is C15H14F2N4O. The van der Waals surface area contributed by atoms with Crippen LogP contribution in [0.5, 0.6) is 5.75 Å². The van der Waals surface area contributed by atoms with Crippen molar-refractivity contribution in [2.24, 2.45) is 0 Å². The van der Waals surface area contributed by atoms with Crippen molar-refractivity contribution in [3.05, 3.63) is 41.6 Å². The molecule has 114 valence electrons. The van der Waals surface area contributed by atoms with Gasteiger partial charge in [-0.1, -0.05) is 12.1 Å². The van der Waals surface area contributed by atoms with Gasteiger partial charge in [0.1, 0.15) is 29.2 Å². The zero-order chi connectivity index (χ0) is 15.7. The van der Waals surface area contributed by atoms with Gasteiger partial charge >= 0.3 is 0 Å².